The number of methoxy groups -OCH3 is 1. The Labute approximate surface area is 140 Å². The highest BCUT2D eigenvalue weighted by molar-refractivity contribution is 5.78. The highest BCUT2D eigenvalue weighted by atomic mass is 19.1. The molecule has 0 radical (unpaired) electrons. The monoisotopic (exact) mass is 329 g/mol. The molecule has 3 rings (SSSR count). The maximum absolute atomic E-state index is 13.5. The van der Waals surface area contributed by atoms with Crippen molar-refractivity contribution in [2.24, 2.45) is 5.92 Å². The van der Waals surface area contributed by atoms with Crippen LogP contribution in [-0.2, 0) is 4.79 Å². The molecule has 1 aliphatic rings. The molecule has 0 heterocycles. The van der Waals surface area contributed by atoms with E-state index in [4.69, 9.17) is 9.47 Å². The number of nitrogens with one attached hydrogen (secondary N) is 1. The van der Waals surface area contributed by atoms with E-state index in [0.717, 1.165) is 24.2 Å². The number of halogens is 1. The molecule has 2 aromatic carbocycles. The van der Waals surface area contributed by atoms with Crippen LogP contribution in [0.4, 0.5) is 4.39 Å². The minimum absolute atomic E-state index is 0.0485. The third-order valence-electron chi connectivity index (χ3n) is 4.08. The van der Waals surface area contributed by atoms with Crippen molar-refractivity contribution in [3.63, 3.8) is 0 Å². The van der Waals surface area contributed by atoms with E-state index < -0.39 is 5.82 Å². The molecular formula is C19H20FNO3. The molecule has 0 bridgehead atoms. The van der Waals surface area contributed by atoms with Crippen molar-refractivity contribution >= 4 is 5.91 Å². The van der Waals surface area contributed by atoms with Gasteiger partial charge < -0.3 is 14.8 Å². The van der Waals surface area contributed by atoms with Gasteiger partial charge in [-0.15, -0.1) is 0 Å². The SMILES string of the molecule is COc1ccc(C(NC(=O)COc2ccccc2F)C2CC2)cc1. The highest BCUT2D eigenvalue weighted by Crippen LogP contribution is 2.41. The Morgan fingerprint density at radius 1 is 1.21 bits per heavy atom. The highest BCUT2D eigenvalue weighted by Gasteiger charge is 2.33. The number of benzene rings is 2. The molecule has 1 fully saturated rings. The number of ether oxygens (including phenoxy) is 2. The summed E-state index contributed by atoms with van der Waals surface area (Å²) in [7, 11) is 1.62. The zero-order valence-electron chi connectivity index (χ0n) is 13.5. The summed E-state index contributed by atoms with van der Waals surface area (Å²) in [5.41, 5.74) is 1.04. The van der Waals surface area contributed by atoms with Gasteiger partial charge in [-0.2, -0.15) is 0 Å². The van der Waals surface area contributed by atoms with Gasteiger partial charge in [0.25, 0.3) is 5.91 Å². The van der Waals surface area contributed by atoms with Crippen LogP contribution in [0.3, 0.4) is 0 Å². The van der Waals surface area contributed by atoms with Crippen LogP contribution in [0.15, 0.2) is 48.5 Å². The third kappa shape index (κ3) is 4.04. The maximum atomic E-state index is 13.5. The van der Waals surface area contributed by atoms with Crippen LogP contribution in [-0.4, -0.2) is 19.6 Å². The smallest absolute Gasteiger partial charge is 0.258 e. The maximum Gasteiger partial charge on any atom is 0.258 e. The molecule has 0 aromatic heterocycles. The molecule has 126 valence electrons. The largest absolute Gasteiger partial charge is 0.497 e. The summed E-state index contributed by atoms with van der Waals surface area (Å²) < 4.78 is 23.9. The second-order valence-electron chi connectivity index (χ2n) is 5.87. The summed E-state index contributed by atoms with van der Waals surface area (Å²) >= 11 is 0. The van der Waals surface area contributed by atoms with E-state index in [-0.39, 0.29) is 24.3 Å². The summed E-state index contributed by atoms with van der Waals surface area (Å²) in [5, 5.41) is 3.00. The van der Waals surface area contributed by atoms with E-state index in [9.17, 15) is 9.18 Å². The Morgan fingerprint density at radius 2 is 1.92 bits per heavy atom. The van der Waals surface area contributed by atoms with Gasteiger partial charge in [0.2, 0.25) is 0 Å². The zero-order valence-corrected chi connectivity index (χ0v) is 13.5. The van der Waals surface area contributed by atoms with Crippen molar-refractivity contribution in [3.05, 3.63) is 59.9 Å². The Hall–Kier alpha value is -2.56. The van der Waals surface area contributed by atoms with Crippen molar-refractivity contribution in [2.75, 3.05) is 13.7 Å². The number of hydrogen-bond donors (Lipinski definition) is 1. The number of carbonyl (C=O) groups is 1. The van der Waals surface area contributed by atoms with Crippen molar-refractivity contribution in [1.82, 2.24) is 5.32 Å². The van der Waals surface area contributed by atoms with Gasteiger partial charge in [0.1, 0.15) is 5.75 Å². The average molecular weight is 329 g/mol. The van der Waals surface area contributed by atoms with E-state index in [2.05, 4.69) is 5.32 Å². The first kappa shape index (κ1) is 16.3. The first-order chi connectivity index (χ1) is 11.7. The predicted octanol–water partition coefficient (Wildman–Crippen LogP) is 3.48. The number of amides is 1. The molecule has 1 unspecified atom stereocenters. The van der Waals surface area contributed by atoms with Crippen LogP contribution in [0.2, 0.25) is 0 Å². The average Bonchev–Trinajstić information content (AvgIpc) is 3.44. The topological polar surface area (TPSA) is 47.6 Å². The number of carbonyl (C=O) groups excluding carboxylic acids is 1. The number of hydrogen-bond acceptors (Lipinski definition) is 3. The molecule has 2 aromatic rings. The van der Waals surface area contributed by atoms with Crippen LogP contribution < -0.4 is 14.8 Å². The first-order valence-corrected chi connectivity index (χ1v) is 7.98. The fourth-order valence-corrected chi connectivity index (χ4v) is 2.63. The van der Waals surface area contributed by atoms with E-state index in [1.165, 1.54) is 12.1 Å². The zero-order chi connectivity index (χ0) is 16.9. The lowest BCUT2D eigenvalue weighted by Gasteiger charge is -2.19. The van der Waals surface area contributed by atoms with E-state index >= 15 is 0 Å². The number of para-hydroxylation sites is 1. The van der Waals surface area contributed by atoms with E-state index in [1.54, 1.807) is 19.2 Å². The van der Waals surface area contributed by atoms with Gasteiger partial charge in [0.15, 0.2) is 18.2 Å². The molecule has 1 amide bonds. The summed E-state index contributed by atoms with van der Waals surface area (Å²) in [4.78, 5) is 12.2. The van der Waals surface area contributed by atoms with Crippen LogP contribution in [0.1, 0.15) is 24.4 Å². The molecule has 0 saturated heterocycles. The minimum Gasteiger partial charge on any atom is -0.497 e. The molecule has 1 N–H and O–H groups in total. The molecule has 1 aliphatic carbocycles. The van der Waals surface area contributed by atoms with Crippen molar-refractivity contribution in [2.45, 2.75) is 18.9 Å². The molecular weight excluding hydrogens is 309 g/mol. The molecule has 4 nitrogen and oxygen atoms in total. The normalized spacial score (nSPS) is 14.8. The second-order valence-corrected chi connectivity index (χ2v) is 5.87. The van der Waals surface area contributed by atoms with E-state index in [0.29, 0.717) is 5.92 Å². The minimum atomic E-state index is -0.473. The fourth-order valence-electron chi connectivity index (χ4n) is 2.63. The molecule has 1 atom stereocenters. The summed E-state index contributed by atoms with van der Waals surface area (Å²) in [6, 6.07) is 13.7. The lowest BCUT2D eigenvalue weighted by Crippen LogP contribution is -2.33. The van der Waals surface area contributed by atoms with Gasteiger partial charge in [-0.25, -0.2) is 4.39 Å². The summed E-state index contributed by atoms with van der Waals surface area (Å²) in [6.45, 7) is -0.208. The van der Waals surface area contributed by atoms with Crippen LogP contribution in [0.25, 0.3) is 0 Å². The molecule has 5 heteroatoms. The molecule has 1 saturated carbocycles. The predicted molar refractivity (Wildman–Crippen MR) is 88.5 cm³/mol. The standard InChI is InChI=1S/C19H20FNO3/c1-23-15-10-8-14(9-11-15)19(13-6-7-13)21-18(22)12-24-17-5-3-2-4-16(17)20/h2-5,8-11,13,19H,6-7,12H2,1H3,(H,21,22). The first-order valence-electron chi connectivity index (χ1n) is 7.98. The molecule has 0 spiro atoms. The van der Waals surface area contributed by atoms with E-state index in [1.807, 2.05) is 24.3 Å². The Bertz CT molecular complexity index is 698. The Morgan fingerprint density at radius 3 is 2.54 bits per heavy atom. The van der Waals surface area contributed by atoms with Gasteiger partial charge in [-0.3, -0.25) is 4.79 Å². The fraction of sp³-hybridized carbons (Fsp3) is 0.316. The van der Waals surface area contributed by atoms with Gasteiger partial charge in [-0.05, 0) is 48.6 Å². The summed E-state index contributed by atoms with van der Waals surface area (Å²) in [6.07, 6.45) is 2.18. The van der Waals surface area contributed by atoms with Gasteiger partial charge in [0, 0.05) is 0 Å². The van der Waals surface area contributed by atoms with Crippen molar-refractivity contribution in [3.8, 4) is 11.5 Å². The van der Waals surface area contributed by atoms with Crippen LogP contribution in [0, 0.1) is 11.7 Å². The molecule has 0 aliphatic heterocycles. The Balaban J connectivity index is 1.61. The van der Waals surface area contributed by atoms with Crippen molar-refractivity contribution < 1.29 is 18.7 Å². The Kier molecular flexibility index (Phi) is 4.99. The quantitative estimate of drug-likeness (QED) is 0.846. The third-order valence-corrected chi connectivity index (χ3v) is 4.08. The van der Waals surface area contributed by atoms with Crippen LogP contribution in [0.5, 0.6) is 11.5 Å². The van der Waals surface area contributed by atoms with Crippen molar-refractivity contribution in [1.29, 1.82) is 0 Å². The van der Waals surface area contributed by atoms with Gasteiger partial charge in [0.05, 0.1) is 13.2 Å². The molecule has 24 heavy (non-hydrogen) atoms. The van der Waals surface area contributed by atoms with Gasteiger partial charge >= 0.3 is 0 Å². The lowest BCUT2D eigenvalue weighted by molar-refractivity contribution is -0.124. The number of rotatable bonds is 7. The lowest BCUT2D eigenvalue weighted by atomic mass is 10.0. The summed E-state index contributed by atoms with van der Waals surface area (Å²) in [5.74, 6) is 0.573. The van der Waals surface area contributed by atoms with Gasteiger partial charge in [-0.1, -0.05) is 24.3 Å². The second kappa shape index (κ2) is 7.34. The van der Waals surface area contributed by atoms with Crippen LogP contribution >= 0.6 is 0 Å².